The lowest BCUT2D eigenvalue weighted by Crippen LogP contribution is -2.26. The molecule has 1 spiro atoms. The van der Waals surface area contributed by atoms with Gasteiger partial charge < -0.3 is 0 Å². The zero-order valence-corrected chi connectivity index (χ0v) is 31.9. The molecular formula is C55H34N4. The normalized spacial score (nSPS) is 14.5. The van der Waals surface area contributed by atoms with Crippen LogP contribution in [0.5, 0.6) is 0 Å². The number of nitrogens with zero attached hydrogens (tertiary/aromatic N) is 4. The molecule has 1 unspecified atom stereocenters. The van der Waals surface area contributed by atoms with E-state index in [-0.39, 0.29) is 0 Å². The molecule has 0 saturated heterocycles. The number of fused-ring (bicyclic) bond motifs is 12. The van der Waals surface area contributed by atoms with Gasteiger partial charge in [0.05, 0.1) is 16.6 Å². The lowest BCUT2D eigenvalue weighted by Gasteiger charge is -2.32. The second-order valence-electron chi connectivity index (χ2n) is 15.3. The molecule has 4 heteroatoms. The van der Waals surface area contributed by atoms with Crippen LogP contribution in [-0.4, -0.2) is 19.9 Å². The van der Waals surface area contributed by atoms with Crippen LogP contribution >= 0.6 is 0 Å². The Morgan fingerprint density at radius 2 is 0.763 bits per heavy atom. The van der Waals surface area contributed by atoms with Crippen molar-refractivity contribution in [1.82, 2.24) is 19.9 Å². The molecular weight excluding hydrogens is 717 g/mol. The number of pyridine rings is 1. The van der Waals surface area contributed by atoms with Gasteiger partial charge in [0.2, 0.25) is 0 Å². The first-order valence-corrected chi connectivity index (χ1v) is 20.1. The summed E-state index contributed by atoms with van der Waals surface area (Å²) in [6.45, 7) is 0. The molecule has 12 rings (SSSR count). The van der Waals surface area contributed by atoms with Crippen molar-refractivity contribution in [3.05, 3.63) is 229 Å². The zero-order valence-electron chi connectivity index (χ0n) is 31.9. The van der Waals surface area contributed by atoms with Crippen molar-refractivity contribution in [3.8, 4) is 78.8 Å². The minimum absolute atomic E-state index is 0.549. The van der Waals surface area contributed by atoms with Crippen LogP contribution in [0.15, 0.2) is 206 Å². The highest BCUT2D eigenvalue weighted by molar-refractivity contribution is 6.06. The molecule has 10 aromatic rings. The first-order chi connectivity index (χ1) is 29.3. The number of para-hydroxylation sites is 1. The van der Waals surface area contributed by atoms with E-state index < -0.39 is 5.41 Å². The summed E-state index contributed by atoms with van der Waals surface area (Å²) in [6, 6.07) is 73.3. The molecule has 0 saturated carbocycles. The van der Waals surface area contributed by atoms with Gasteiger partial charge in [0.15, 0.2) is 17.5 Å². The van der Waals surface area contributed by atoms with Crippen molar-refractivity contribution in [2.45, 2.75) is 5.41 Å². The van der Waals surface area contributed by atoms with Gasteiger partial charge in [-0.1, -0.05) is 194 Å². The van der Waals surface area contributed by atoms with Gasteiger partial charge in [-0.05, 0) is 62.2 Å². The van der Waals surface area contributed by atoms with E-state index in [0.717, 1.165) is 44.6 Å². The Bertz CT molecular complexity index is 3190. The van der Waals surface area contributed by atoms with Gasteiger partial charge in [-0.15, -0.1) is 0 Å². The Labute approximate surface area is 342 Å². The zero-order chi connectivity index (χ0) is 38.9. The SMILES string of the molecule is c1ccc(-c2nc(-c3ccccc3)nc(-c3ccc(-c4ccc5c(c4)C4(c6ccccc6-5)c5ccccc5-c5c(-c6ccccc6)nc6ccccc6c54)cc3)n2)cc1. The second kappa shape index (κ2) is 13.1. The van der Waals surface area contributed by atoms with Crippen LogP contribution < -0.4 is 0 Å². The highest BCUT2D eigenvalue weighted by atomic mass is 15.0. The van der Waals surface area contributed by atoms with Crippen LogP contribution in [0.25, 0.3) is 89.7 Å². The van der Waals surface area contributed by atoms with Gasteiger partial charge in [0.1, 0.15) is 0 Å². The van der Waals surface area contributed by atoms with E-state index in [1.807, 2.05) is 60.7 Å². The molecule has 2 aromatic heterocycles. The summed E-state index contributed by atoms with van der Waals surface area (Å²) >= 11 is 0. The summed E-state index contributed by atoms with van der Waals surface area (Å²) in [5.41, 5.74) is 17.9. The molecule has 2 aliphatic rings. The van der Waals surface area contributed by atoms with Gasteiger partial charge in [-0.2, -0.15) is 0 Å². The van der Waals surface area contributed by atoms with E-state index >= 15 is 0 Å². The van der Waals surface area contributed by atoms with Crippen molar-refractivity contribution in [1.29, 1.82) is 0 Å². The molecule has 59 heavy (non-hydrogen) atoms. The molecule has 2 aliphatic carbocycles. The third-order valence-electron chi connectivity index (χ3n) is 12.1. The van der Waals surface area contributed by atoms with E-state index in [4.69, 9.17) is 19.9 Å². The molecule has 0 radical (unpaired) electrons. The fourth-order valence-electron chi connectivity index (χ4n) is 9.60. The lowest BCUT2D eigenvalue weighted by molar-refractivity contribution is 0.801. The van der Waals surface area contributed by atoms with Crippen LogP contribution in [0.2, 0.25) is 0 Å². The fraction of sp³-hybridized carbons (Fsp3) is 0.0182. The van der Waals surface area contributed by atoms with Crippen LogP contribution in [0, 0.1) is 0 Å². The van der Waals surface area contributed by atoms with Gasteiger partial charge in [0.25, 0.3) is 0 Å². The van der Waals surface area contributed by atoms with Crippen molar-refractivity contribution < 1.29 is 0 Å². The summed E-state index contributed by atoms with van der Waals surface area (Å²) in [7, 11) is 0. The third kappa shape index (κ3) is 5.03. The molecule has 0 bridgehead atoms. The quantitative estimate of drug-likeness (QED) is 0.176. The van der Waals surface area contributed by atoms with Crippen LogP contribution in [0.4, 0.5) is 0 Å². The number of aromatic nitrogens is 4. The van der Waals surface area contributed by atoms with Crippen LogP contribution in [-0.2, 0) is 5.41 Å². The number of hydrogen-bond donors (Lipinski definition) is 0. The van der Waals surface area contributed by atoms with Crippen molar-refractivity contribution in [2.75, 3.05) is 0 Å². The lowest BCUT2D eigenvalue weighted by atomic mass is 9.69. The molecule has 8 aromatic carbocycles. The maximum absolute atomic E-state index is 5.41. The summed E-state index contributed by atoms with van der Waals surface area (Å²) in [5.74, 6) is 1.94. The maximum Gasteiger partial charge on any atom is 0.164 e. The number of benzene rings is 8. The fourth-order valence-corrected chi connectivity index (χ4v) is 9.60. The molecule has 4 nitrogen and oxygen atoms in total. The summed E-state index contributed by atoms with van der Waals surface area (Å²) in [5, 5.41) is 1.18. The monoisotopic (exact) mass is 750 g/mol. The Kier molecular flexibility index (Phi) is 7.41. The van der Waals surface area contributed by atoms with Crippen molar-refractivity contribution in [2.24, 2.45) is 0 Å². The van der Waals surface area contributed by atoms with Gasteiger partial charge in [-0.25, -0.2) is 19.9 Å². The summed E-state index contributed by atoms with van der Waals surface area (Å²) < 4.78 is 0. The van der Waals surface area contributed by atoms with Gasteiger partial charge in [-0.3, -0.25) is 0 Å². The highest BCUT2D eigenvalue weighted by Gasteiger charge is 2.53. The second-order valence-corrected chi connectivity index (χ2v) is 15.3. The number of hydrogen-bond acceptors (Lipinski definition) is 4. The molecule has 274 valence electrons. The van der Waals surface area contributed by atoms with Crippen molar-refractivity contribution >= 4 is 10.9 Å². The number of rotatable bonds is 5. The van der Waals surface area contributed by atoms with E-state index in [2.05, 4.69) is 146 Å². The van der Waals surface area contributed by atoms with E-state index in [1.54, 1.807) is 0 Å². The van der Waals surface area contributed by atoms with E-state index in [9.17, 15) is 0 Å². The van der Waals surface area contributed by atoms with E-state index in [1.165, 1.54) is 49.9 Å². The maximum atomic E-state index is 5.41. The molecule has 2 heterocycles. The average molecular weight is 751 g/mol. The highest BCUT2D eigenvalue weighted by Crippen LogP contribution is 2.65. The van der Waals surface area contributed by atoms with Crippen LogP contribution in [0.3, 0.4) is 0 Å². The Morgan fingerprint density at radius 3 is 1.41 bits per heavy atom. The van der Waals surface area contributed by atoms with Crippen molar-refractivity contribution in [3.63, 3.8) is 0 Å². The predicted octanol–water partition coefficient (Wildman–Crippen LogP) is 13.1. The first-order valence-electron chi connectivity index (χ1n) is 20.1. The topological polar surface area (TPSA) is 51.6 Å². The first kappa shape index (κ1) is 33.3. The minimum Gasteiger partial charge on any atom is -0.247 e. The largest absolute Gasteiger partial charge is 0.247 e. The van der Waals surface area contributed by atoms with Gasteiger partial charge >= 0.3 is 0 Å². The molecule has 0 aliphatic heterocycles. The molecule has 0 N–H and O–H groups in total. The van der Waals surface area contributed by atoms with Gasteiger partial charge in [0, 0.05) is 33.2 Å². The Hall–Kier alpha value is -7.82. The third-order valence-corrected chi connectivity index (χ3v) is 12.1. The van der Waals surface area contributed by atoms with Crippen LogP contribution in [0.1, 0.15) is 22.3 Å². The summed E-state index contributed by atoms with van der Waals surface area (Å²) in [6.07, 6.45) is 0. The molecule has 0 fully saturated rings. The minimum atomic E-state index is -0.549. The average Bonchev–Trinajstić information content (AvgIpc) is 3.80. The Balaban J connectivity index is 1.05. The predicted molar refractivity (Wildman–Crippen MR) is 239 cm³/mol. The molecule has 1 atom stereocenters. The standard InChI is InChI=1S/C55H34N4/c1-4-16-36(17-5-1)51-49-43-23-11-14-26-46(43)55(50(49)44-24-12-15-27-48(44)56-51)45-25-13-10-22-41(45)42-33-32-40(34-47(42)55)35-28-30-39(31-29-35)54-58-52(37-18-6-2-7-19-37)57-53(59-54)38-20-8-3-9-21-38/h1-34H. The smallest absolute Gasteiger partial charge is 0.164 e. The summed E-state index contributed by atoms with van der Waals surface area (Å²) in [4.78, 5) is 20.3. The molecule has 0 amide bonds. The Morgan fingerprint density at radius 1 is 0.305 bits per heavy atom. The van der Waals surface area contributed by atoms with E-state index in [0.29, 0.717) is 17.5 Å².